The van der Waals surface area contributed by atoms with Gasteiger partial charge in [0.2, 0.25) is 10.0 Å². The Hall–Kier alpha value is -1.46. The fourth-order valence-electron chi connectivity index (χ4n) is 3.57. The van der Waals surface area contributed by atoms with E-state index in [0.717, 1.165) is 0 Å². The van der Waals surface area contributed by atoms with Crippen LogP contribution in [-0.2, 0) is 20.5 Å². The molecule has 2 atom stereocenters. The third-order valence-electron chi connectivity index (χ3n) is 4.97. The van der Waals surface area contributed by atoms with E-state index in [9.17, 15) is 13.5 Å². The highest BCUT2D eigenvalue weighted by Gasteiger charge is 2.55. The monoisotopic (exact) mass is 336 g/mol. The van der Waals surface area contributed by atoms with E-state index in [1.807, 2.05) is 6.07 Å². The lowest BCUT2D eigenvalue weighted by molar-refractivity contribution is -0.143. The Morgan fingerprint density at radius 3 is 2.78 bits per heavy atom. The molecule has 0 aromatic heterocycles. The molecule has 2 aliphatic rings. The first-order valence-electron chi connectivity index (χ1n) is 7.70. The number of hydrogen-bond acceptors (Lipinski definition) is 5. The van der Waals surface area contributed by atoms with Gasteiger partial charge >= 0.3 is 0 Å². The second kappa shape index (κ2) is 6.21. The molecule has 124 valence electrons. The van der Waals surface area contributed by atoms with Crippen LogP contribution in [0.15, 0.2) is 24.3 Å². The molecule has 1 spiro atoms. The minimum Gasteiger partial charge on any atom is -0.392 e. The van der Waals surface area contributed by atoms with Crippen LogP contribution >= 0.6 is 0 Å². The normalized spacial score (nSPS) is 26.4. The summed E-state index contributed by atoms with van der Waals surface area (Å²) in [5.74, 6) is -0.165. The second-order valence-corrected chi connectivity index (χ2v) is 8.09. The van der Waals surface area contributed by atoms with Crippen molar-refractivity contribution in [3.63, 3.8) is 0 Å². The van der Waals surface area contributed by atoms with Crippen LogP contribution in [0.25, 0.3) is 0 Å². The smallest absolute Gasteiger partial charge is 0.216 e. The first kappa shape index (κ1) is 16.4. The molecule has 1 aromatic rings. The number of rotatable bonds is 4. The third kappa shape index (κ3) is 3.26. The largest absolute Gasteiger partial charge is 0.392 e. The van der Waals surface area contributed by atoms with Gasteiger partial charge in [0.15, 0.2) is 0 Å². The number of ether oxygens (including phenoxy) is 1. The summed E-state index contributed by atoms with van der Waals surface area (Å²) in [6.07, 6.45) is 1.31. The van der Waals surface area contributed by atoms with Gasteiger partial charge in [-0.15, -0.1) is 0 Å². The molecule has 3 rings (SSSR count). The van der Waals surface area contributed by atoms with Crippen LogP contribution in [0.5, 0.6) is 0 Å². The summed E-state index contributed by atoms with van der Waals surface area (Å²) in [4.78, 5) is 0. The summed E-state index contributed by atoms with van der Waals surface area (Å²) in [7, 11) is -3.53. The van der Waals surface area contributed by atoms with Gasteiger partial charge in [-0.1, -0.05) is 12.1 Å². The number of aliphatic hydroxyl groups excluding tert-OH is 1. The minimum atomic E-state index is -3.53. The first-order chi connectivity index (χ1) is 11.0. The summed E-state index contributed by atoms with van der Waals surface area (Å²) < 4.78 is 32.9. The number of nitrogens with zero attached hydrogens (tertiary/aromatic N) is 1. The summed E-state index contributed by atoms with van der Waals surface area (Å²) in [5.41, 5.74) is 0.634. The van der Waals surface area contributed by atoms with Crippen molar-refractivity contribution < 1.29 is 18.3 Å². The predicted octanol–water partition coefficient (Wildman–Crippen LogP) is 0.908. The molecule has 1 aromatic carbocycles. The van der Waals surface area contributed by atoms with Crippen LogP contribution in [-0.4, -0.2) is 38.9 Å². The van der Waals surface area contributed by atoms with E-state index in [0.29, 0.717) is 43.6 Å². The van der Waals surface area contributed by atoms with Crippen molar-refractivity contribution in [2.75, 3.05) is 13.2 Å². The lowest BCUT2D eigenvalue weighted by Crippen LogP contribution is -2.65. The molecule has 2 fully saturated rings. The van der Waals surface area contributed by atoms with Crippen molar-refractivity contribution in [3.05, 3.63) is 35.4 Å². The van der Waals surface area contributed by atoms with E-state index in [-0.39, 0.29) is 17.2 Å². The first-order valence-corrected chi connectivity index (χ1v) is 9.35. The minimum absolute atomic E-state index is 0.165. The Kier molecular flexibility index (Phi) is 4.43. The Balaban J connectivity index is 1.70. The van der Waals surface area contributed by atoms with Gasteiger partial charge in [0.1, 0.15) is 0 Å². The molecule has 23 heavy (non-hydrogen) atoms. The van der Waals surface area contributed by atoms with Gasteiger partial charge in [-0.25, -0.2) is 13.1 Å². The molecule has 2 N–H and O–H groups in total. The van der Waals surface area contributed by atoms with Crippen LogP contribution in [0.4, 0.5) is 0 Å². The molecule has 0 amide bonds. The van der Waals surface area contributed by atoms with Gasteiger partial charge < -0.3 is 9.84 Å². The molecule has 0 bridgehead atoms. The van der Waals surface area contributed by atoms with Gasteiger partial charge in [-0.2, -0.15) is 5.26 Å². The van der Waals surface area contributed by atoms with Crippen LogP contribution in [0, 0.1) is 16.7 Å². The molecule has 1 aliphatic heterocycles. The van der Waals surface area contributed by atoms with Crippen molar-refractivity contribution >= 4 is 10.0 Å². The van der Waals surface area contributed by atoms with E-state index in [4.69, 9.17) is 10.00 Å². The summed E-state index contributed by atoms with van der Waals surface area (Å²) in [6.45, 7) is 1.11. The molecule has 0 radical (unpaired) electrons. The predicted molar refractivity (Wildman–Crippen MR) is 83.8 cm³/mol. The van der Waals surface area contributed by atoms with E-state index in [2.05, 4.69) is 4.72 Å². The van der Waals surface area contributed by atoms with Crippen molar-refractivity contribution in [3.8, 4) is 6.07 Å². The topological polar surface area (TPSA) is 99.4 Å². The van der Waals surface area contributed by atoms with E-state index in [1.54, 1.807) is 24.3 Å². The average Bonchev–Trinajstić information content (AvgIpc) is 2.55. The third-order valence-corrected chi connectivity index (χ3v) is 6.33. The molecule has 6 nitrogen and oxygen atoms in total. The van der Waals surface area contributed by atoms with E-state index < -0.39 is 16.1 Å². The number of sulfonamides is 1. The summed E-state index contributed by atoms with van der Waals surface area (Å²) >= 11 is 0. The molecule has 0 unspecified atom stereocenters. The average molecular weight is 336 g/mol. The highest BCUT2D eigenvalue weighted by atomic mass is 32.2. The van der Waals surface area contributed by atoms with Gasteiger partial charge in [0.05, 0.1) is 23.5 Å². The molecular weight excluding hydrogens is 316 g/mol. The summed E-state index contributed by atoms with van der Waals surface area (Å²) in [5, 5.41) is 19.0. The van der Waals surface area contributed by atoms with Gasteiger partial charge in [-0.05, 0) is 37.0 Å². The number of aliphatic hydroxyl groups is 1. The molecular formula is C16H20N2O4S. The molecule has 1 heterocycles. The van der Waals surface area contributed by atoms with Crippen molar-refractivity contribution in [1.82, 2.24) is 4.72 Å². The Morgan fingerprint density at radius 1 is 1.39 bits per heavy atom. The van der Waals surface area contributed by atoms with Crippen LogP contribution in [0.1, 0.15) is 30.4 Å². The molecule has 7 heteroatoms. The van der Waals surface area contributed by atoms with E-state index >= 15 is 0 Å². The number of benzene rings is 1. The molecule has 1 aliphatic carbocycles. The molecule has 1 saturated heterocycles. The fraction of sp³-hybridized carbons (Fsp3) is 0.562. The number of hydrogen-bond donors (Lipinski definition) is 2. The lowest BCUT2D eigenvalue weighted by Gasteiger charge is -2.55. The Morgan fingerprint density at radius 2 is 2.13 bits per heavy atom. The van der Waals surface area contributed by atoms with Crippen molar-refractivity contribution in [2.24, 2.45) is 5.41 Å². The number of nitrogens with one attached hydrogen (secondary N) is 1. The van der Waals surface area contributed by atoms with Crippen molar-refractivity contribution in [2.45, 2.75) is 37.2 Å². The second-order valence-electron chi connectivity index (χ2n) is 6.34. The zero-order valence-corrected chi connectivity index (χ0v) is 13.6. The standard InChI is InChI=1S/C16H20N2O4S/c17-10-12-2-1-3-13(8-12)11-23(20,21)18-14-9-15(19)16(14)4-6-22-7-5-16/h1-3,8,14-15,18-19H,4-7,9,11H2/t14-,15-/m1/s1. The lowest BCUT2D eigenvalue weighted by atomic mass is 9.58. The zero-order valence-electron chi connectivity index (χ0n) is 12.7. The maximum Gasteiger partial charge on any atom is 0.216 e. The Labute approximate surface area is 136 Å². The van der Waals surface area contributed by atoms with Gasteiger partial charge in [-0.3, -0.25) is 0 Å². The van der Waals surface area contributed by atoms with Gasteiger partial charge in [0.25, 0.3) is 0 Å². The SMILES string of the molecule is N#Cc1cccc(CS(=O)(=O)N[C@@H]2C[C@@H](O)C23CCOCC3)c1. The van der Waals surface area contributed by atoms with Crippen LogP contribution in [0.3, 0.4) is 0 Å². The fourth-order valence-corrected chi connectivity index (χ4v) is 5.04. The highest BCUT2D eigenvalue weighted by Crippen LogP contribution is 2.49. The van der Waals surface area contributed by atoms with E-state index in [1.165, 1.54) is 0 Å². The Bertz CT molecular complexity index is 720. The van der Waals surface area contributed by atoms with Gasteiger partial charge in [0, 0.05) is 24.7 Å². The summed E-state index contributed by atoms with van der Waals surface area (Å²) in [6, 6.07) is 8.36. The van der Waals surface area contributed by atoms with Crippen LogP contribution in [0.2, 0.25) is 0 Å². The number of nitriles is 1. The highest BCUT2D eigenvalue weighted by molar-refractivity contribution is 7.88. The zero-order chi connectivity index (χ0) is 16.5. The maximum absolute atomic E-state index is 12.4. The maximum atomic E-state index is 12.4. The van der Waals surface area contributed by atoms with Crippen LogP contribution < -0.4 is 4.72 Å². The molecule has 1 saturated carbocycles. The quantitative estimate of drug-likeness (QED) is 0.851. The van der Waals surface area contributed by atoms with Crippen molar-refractivity contribution in [1.29, 1.82) is 5.26 Å².